The molecule has 0 radical (unpaired) electrons. The van der Waals surface area contributed by atoms with Crippen LogP contribution in [0.3, 0.4) is 0 Å². The predicted molar refractivity (Wildman–Crippen MR) is 102 cm³/mol. The molecular formula is C20H24N6O. The van der Waals surface area contributed by atoms with E-state index in [0.29, 0.717) is 24.0 Å². The average Bonchev–Trinajstić information content (AvgIpc) is 3.16. The lowest BCUT2D eigenvalue weighted by Crippen LogP contribution is -2.32. The van der Waals surface area contributed by atoms with E-state index < -0.39 is 0 Å². The first kappa shape index (κ1) is 17.5. The summed E-state index contributed by atoms with van der Waals surface area (Å²) in [6.07, 6.45) is 7.58. The molecule has 3 aromatic heterocycles. The van der Waals surface area contributed by atoms with Gasteiger partial charge in [-0.05, 0) is 51.8 Å². The Hall–Kier alpha value is -2.96. The molecule has 1 amide bonds. The van der Waals surface area contributed by atoms with E-state index in [1.54, 1.807) is 17.1 Å². The standard InChI is InChI=1S/C20H24N6O/c1-20(2,3)26-17(12-16(24-26)14-7-8-14)19(27)22-13-15-6-4-9-21-18(15)25-11-5-10-23-25/h4-6,9-12,14H,7-8,13H2,1-3H3,(H,22,27). The van der Waals surface area contributed by atoms with E-state index >= 15 is 0 Å². The lowest BCUT2D eigenvalue weighted by Gasteiger charge is -2.22. The van der Waals surface area contributed by atoms with E-state index in [2.05, 4.69) is 36.2 Å². The van der Waals surface area contributed by atoms with Crippen molar-refractivity contribution in [2.24, 2.45) is 0 Å². The van der Waals surface area contributed by atoms with Crippen LogP contribution in [0.2, 0.25) is 0 Å². The number of hydrogen-bond acceptors (Lipinski definition) is 4. The minimum Gasteiger partial charge on any atom is -0.346 e. The van der Waals surface area contributed by atoms with E-state index in [-0.39, 0.29) is 11.4 Å². The van der Waals surface area contributed by atoms with Crippen LogP contribution in [0.25, 0.3) is 5.82 Å². The fourth-order valence-corrected chi connectivity index (χ4v) is 3.09. The van der Waals surface area contributed by atoms with Gasteiger partial charge in [-0.15, -0.1) is 0 Å². The van der Waals surface area contributed by atoms with Gasteiger partial charge in [-0.2, -0.15) is 10.2 Å². The van der Waals surface area contributed by atoms with Gasteiger partial charge in [-0.25, -0.2) is 9.67 Å². The monoisotopic (exact) mass is 364 g/mol. The molecule has 7 nitrogen and oxygen atoms in total. The van der Waals surface area contributed by atoms with E-state index in [0.717, 1.165) is 24.1 Å². The zero-order valence-electron chi connectivity index (χ0n) is 15.9. The van der Waals surface area contributed by atoms with Crippen molar-refractivity contribution in [1.29, 1.82) is 0 Å². The van der Waals surface area contributed by atoms with Gasteiger partial charge in [-0.1, -0.05) is 6.07 Å². The van der Waals surface area contributed by atoms with Crippen molar-refractivity contribution in [2.45, 2.75) is 51.6 Å². The molecule has 3 aromatic rings. The number of rotatable bonds is 5. The molecule has 4 rings (SSSR count). The molecule has 1 N–H and O–H groups in total. The molecule has 7 heteroatoms. The van der Waals surface area contributed by atoms with E-state index in [4.69, 9.17) is 5.10 Å². The number of hydrogen-bond donors (Lipinski definition) is 1. The van der Waals surface area contributed by atoms with Gasteiger partial charge in [0.1, 0.15) is 5.69 Å². The maximum atomic E-state index is 12.9. The lowest BCUT2D eigenvalue weighted by molar-refractivity contribution is 0.0932. The second-order valence-electron chi connectivity index (χ2n) is 7.93. The number of aromatic nitrogens is 5. The molecule has 1 saturated carbocycles. The highest BCUT2D eigenvalue weighted by molar-refractivity contribution is 5.92. The quantitative estimate of drug-likeness (QED) is 0.755. The van der Waals surface area contributed by atoms with E-state index in [9.17, 15) is 4.79 Å². The first-order valence-corrected chi connectivity index (χ1v) is 9.26. The molecule has 0 saturated heterocycles. The minimum absolute atomic E-state index is 0.125. The molecule has 0 spiro atoms. The molecule has 0 aliphatic heterocycles. The Morgan fingerprint density at radius 3 is 2.74 bits per heavy atom. The molecule has 140 valence electrons. The van der Waals surface area contributed by atoms with Crippen LogP contribution >= 0.6 is 0 Å². The van der Waals surface area contributed by atoms with Crippen LogP contribution < -0.4 is 5.32 Å². The van der Waals surface area contributed by atoms with E-state index in [1.165, 1.54) is 0 Å². The Morgan fingerprint density at radius 2 is 2.07 bits per heavy atom. The number of nitrogens with one attached hydrogen (secondary N) is 1. The number of pyridine rings is 1. The molecular weight excluding hydrogens is 340 g/mol. The topological polar surface area (TPSA) is 77.6 Å². The Kier molecular flexibility index (Phi) is 4.30. The molecule has 1 aliphatic rings. The highest BCUT2D eigenvalue weighted by atomic mass is 16.2. The van der Waals surface area contributed by atoms with Crippen LogP contribution in [0.1, 0.15) is 61.3 Å². The van der Waals surface area contributed by atoms with Gasteiger partial charge in [0, 0.05) is 36.6 Å². The SMILES string of the molecule is CC(C)(C)n1nc(C2CC2)cc1C(=O)NCc1cccnc1-n1cccn1. The third-order valence-electron chi connectivity index (χ3n) is 4.62. The largest absolute Gasteiger partial charge is 0.346 e. The van der Waals surface area contributed by atoms with Crippen molar-refractivity contribution in [2.75, 3.05) is 0 Å². The van der Waals surface area contributed by atoms with E-state index in [1.807, 2.05) is 35.1 Å². The molecule has 1 fully saturated rings. The first-order valence-electron chi connectivity index (χ1n) is 9.26. The predicted octanol–water partition coefficient (Wildman–Crippen LogP) is 3.03. The molecule has 3 heterocycles. The van der Waals surface area contributed by atoms with Gasteiger partial charge < -0.3 is 5.32 Å². The highest BCUT2D eigenvalue weighted by Gasteiger charge is 2.31. The Balaban J connectivity index is 1.56. The maximum absolute atomic E-state index is 12.9. The Bertz CT molecular complexity index is 947. The summed E-state index contributed by atoms with van der Waals surface area (Å²) < 4.78 is 3.54. The van der Waals surface area contributed by atoms with Crippen molar-refractivity contribution < 1.29 is 4.79 Å². The summed E-state index contributed by atoms with van der Waals surface area (Å²) in [5.41, 5.74) is 2.27. The zero-order chi connectivity index (χ0) is 19.0. The number of amides is 1. The second kappa shape index (κ2) is 6.64. The smallest absolute Gasteiger partial charge is 0.269 e. The number of carbonyl (C=O) groups excluding carboxylic acids is 1. The summed E-state index contributed by atoms with van der Waals surface area (Å²) >= 11 is 0. The molecule has 1 aliphatic carbocycles. The van der Waals surface area contributed by atoms with Crippen LogP contribution in [-0.2, 0) is 12.1 Å². The summed E-state index contributed by atoms with van der Waals surface area (Å²) in [6, 6.07) is 7.59. The molecule has 0 unspecified atom stereocenters. The van der Waals surface area contributed by atoms with Gasteiger partial charge in [0.2, 0.25) is 0 Å². The fraction of sp³-hybridized carbons (Fsp3) is 0.400. The van der Waals surface area contributed by atoms with Crippen molar-refractivity contribution >= 4 is 5.91 Å². The van der Waals surface area contributed by atoms with Gasteiger partial charge in [0.05, 0.1) is 11.2 Å². The van der Waals surface area contributed by atoms with Crippen LogP contribution in [0, 0.1) is 0 Å². The Labute approximate surface area is 158 Å². The van der Waals surface area contributed by atoms with Crippen LogP contribution in [0.4, 0.5) is 0 Å². The zero-order valence-corrected chi connectivity index (χ0v) is 15.9. The highest BCUT2D eigenvalue weighted by Crippen LogP contribution is 2.40. The van der Waals surface area contributed by atoms with Gasteiger partial charge in [0.15, 0.2) is 5.82 Å². The van der Waals surface area contributed by atoms with Crippen molar-refractivity contribution in [1.82, 2.24) is 29.9 Å². The van der Waals surface area contributed by atoms with Crippen LogP contribution in [0.5, 0.6) is 0 Å². The normalized spacial score (nSPS) is 14.3. The summed E-state index contributed by atoms with van der Waals surface area (Å²) in [7, 11) is 0. The minimum atomic E-state index is -0.256. The summed E-state index contributed by atoms with van der Waals surface area (Å²) in [5.74, 6) is 1.09. The lowest BCUT2D eigenvalue weighted by atomic mass is 10.1. The Morgan fingerprint density at radius 1 is 1.26 bits per heavy atom. The molecule has 0 bridgehead atoms. The number of carbonyl (C=O) groups is 1. The number of nitrogens with zero attached hydrogens (tertiary/aromatic N) is 5. The fourth-order valence-electron chi connectivity index (χ4n) is 3.09. The van der Waals surface area contributed by atoms with Gasteiger partial charge in [0.25, 0.3) is 5.91 Å². The van der Waals surface area contributed by atoms with Crippen molar-refractivity contribution in [3.05, 3.63) is 59.8 Å². The van der Waals surface area contributed by atoms with Crippen LogP contribution in [0.15, 0.2) is 42.9 Å². The van der Waals surface area contributed by atoms with Crippen molar-refractivity contribution in [3.8, 4) is 5.82 Å². The van der Waals surface area contributed by atoms with Crippen LogP contribution in [-0.4, -0.2) is 30.5 Å². The molecule has 0 aromatic carbocycles. The molecule has 0 atom stereocenters. The average molecular weight is 364 g/mol. The van der Waals surface area contributed by atoms with Gasteiger partial charge >= 0.3 is 0 Å². The van der Waals surface area contributed by atoms with Crippen molar-refractivity contribution in [3.63, 3.8) is 0 Å². The maximum Gasteiger partial charge on any atom is 0.269 e. The van der Waals surface area contributed by atoms with Gasteiger partial charge in [-0.3, -0.25) is 9.48 Å². The first-order chi connectivity index (χ1) is 12.9. The molecule has 27 heavy (non-hydrogen) atoms. The summed E-state index contributed by atoms with van der Waals surface area (Å²) in [6.45, 7) is 6.55. The third kappa shape index (κ3) is 3.63. The second-order valence-corrected chi connectivity index (χ2v) is 7.93. The summed E-state index contributed by atoms with van der Waals surface area (Å²) in [4.78, 5) is 17.3. The third-order valence-corrected chi connectivity index (χ3v) is 4.62. The summed E-state index contributed by atoms with van der Waals surface area (Å²) in [5, 5.41) is 12.0.